The Morgan fingerprint density at radius 2 is 1.82 bits per heavy atom. The lowest BCUT2D eigenvalue weighted by Crippen LogP contribution is -2.37. The zero-order valence-electron chi connectivity index (χ0n) is 9.88. The van der Waals surface area contributed by atoms with Gasteiger partial charge in [0.1, 0.15) is 0 Å². The highest BCUT2D eigenvalue weighted by molar-refractivity contribution is 5.85. The third-order valence-electron chi connectivity index (χ3n) is 2.57. The molecule has 0 aliphatic rings. The minimum Gasteiger partial charge on any atom is -0.461 e. The molecule has 0 saturated heterocycles. The van der Waals surface area contributed by atoms with Crippen LogP contribution in [0.5, 0.6) is 0 Å². The van der Waals surface area contributed by atoms with E-state index in [1.54, 1.807) is 6.07 Å². The molecule has 1 heterocycles. The third-order valence-corrected chi connectivity index (χ3v) is 2.57. The molecule has 0 spiro atoms. The predicted octanol–water partition coefficient (Wildman–Crippen LogP) is 2.06. The van der Waals surface area contributed by atoms with Crippen molar-refractivity contribution in [1.29, 1.82) is 0 Å². The zero-order valence-corrected chi connectivity index (χ0v) is 9.88. The van der Waals surface area contributed by atoms with Crippen molar-refractivity contribution in [3.63, 3.8) is 0 Å². The number of hydrogen-bond donors (Lipinski definition) is 0. The summed E-state index contributed by atoms with van der Waals surface area (Å²) in [5, 5.41) is 0. The summed E-state index contributed by atoms with van der Waals surface area (Å²) in [4.78, 5) is 11.6. The summed E-state index contributed by atoms with van der Waals surface area (Å²) in [5.41, 5.74) is 2.64. The average Bonchev–Trinajstić information content (AvgIpc) is 2.39. The smallest absolute Gasteiger partial charge is 0.403 e. The van der Waals surface area contributed by atoms with Crippen molar-refractivity contribution in [2.24, 2.45) is 0 Å². The molecular weight excluding hydrogens is 214 g/mol. The number of carbonyl (C=O) groups excluding carboxylic acids is 1. The fraction of sp³-hybridized carbons (Fsp3) is 0.143. The van der Waals surface area contributed by atoms with Gasteiger partial charge in [0, 0.05) is 24.3 Å². The second kappa shape index (κ2) is 4.78. The fourth-order valence-electron chi connectivity index (χ4n) is 1.64. The molecule has 3 nitrogen and oxygen atoms in total. The number of pyridine rings is 1. The molecular formula is C14H14NO2+. The highest BCUT2D eigenvalue weighted by Crippen LogP contribution is 2.05. The van der Waals surface area contributed by atoms with Gasteiger partial charge in [0.2, 0.25) is 5.69 Å². The molecule has 0 saturated carbocycles. The molecule has 0 aliphatic heterocycles. The van der Waals surface area contributed by atoms with E-state index in [2.05, 4.69) is 0 Å². The van der Waals surface area contributed by atoms with Crippen molar-refractivity contribution in [1.82, 2.24) is 0 Å². The Kier molecular flexibility index (Phi) is 3.19. The summed E-state index contributed by atoms with van der Waals surface area (Å²) in [5.74, 6) is -0.342. The van der Waals surface area contributed by atoms with Crippen LogP contribution in [-0.4, -0.2) is 13.1 Å². The molecule has 3 heteroatoms. The van der Waals surface area contributed by atoms with Crippen LogP contribution < -0.4 is 4.57 Å². The predicted molar refractivity (Wildman–Crippen MR) is 64.1 cm³/mol. The van der Waals surface area contributed by atoms with Gasteiger partial charge < -0.3 is 4.74 Å². The maximum absolute atomic E-state index is 11.6. The van der Waals surface area contributed by atoms with E-state index in [4.69, 9.17) is 4.74 Å². The summed E-state index contributed by atoms with van der Waals surface area (Å²) in [6.45, 7) is 2.03. The maximum atomic E-state index is 11.6. The second-order valence-electron chi connectivity index (χ2n) is 3.78. The summed E-state index contributed by atoms with van der Waals surface area (Å²) >= 11 is 0. The first-order chi connectivity index (χ1) is 8.22. The number of aryl methyl sites for hydroxylation is 1. The molecule has 2 rings (SSSR count). The first-order valence-electron chi connectivity index (χ1n) is 5.38. The number of rotatable bonds is 2. The van der Waals surface area contributed by atoms with Crippen LogP contribution in [0, 0.1) is 6.92 Å². The van der Waals surface area contributed by atoms with Gasteiger partial charge in [0.15, 0.2) is 6.20 Å². The molecule has 0 unspecified atom stereocenters. The van der Waals surface area contributed by atoms with Gasteiger partial charge in [-0.3, -0.25) is 0 Å². The standard InChI is InChI=1S/C14H14NO2/c1-11-6-8-12(9-7-11)15-10-4-3-5-13(15)14(16)17-2/h3-10H,1-2H3/q+1. The Hall–Kier alpha value is -2.16. The first kappa shape index (κ1) is 11.3. The molecule has 1 aromatic carbocycles. The van der Waals surface area contributed by atoms with Crippen molar-refractivity contribution in [2.75, 3.05) is 7.11 Å². The van der Waals surface area contributed by atoms with E-state index in [0.29, 0.717) is 5.69 Å². The summed E-state index contributed by atoms with van der Waals surface area (Å²) < 4.78 is 6.57. The average molecular weight is 228 g/mol. The number of ether oxygens (including phenoxy) is 1. The normalized spacial score (nSPS) is 10.0. The number of nitrogens with zero attached hydrogens (tertiary/aromatic N) is 1. The molecule has 0 aliphatic carbocycles. The van der Waals surface area contributed by atoms with Gasteiger partial charge in [-0.05, 0) is 13.0 Å². The summed E-state index contributed by atoms with van der Waals surface area (Å²) in [6.07, 6.45) is 1.84. The minimum atomic E-state index is -0.342. The molecule has 0 N–H and O–H groups in total. The van der Waals surface area contributed by atoms with Crippen LogP contribution in [0.1, 0.15) is 16.1 Å². The number of hydrogen-bond acceptors (Lipinski definition) is 2. The number of aromatic nitrogens is 1. The van der Waals surface area contributed by atoms with Crippen molar-refractivity contribution in [3.8, 4) is 5.69 Å². The second-order valence-corrected chi connectivity index (χ2v) is 3.78. The van der Waals surface area contributed by atoms with Crippen molar-refractivity contribution in [3.05, 3.63) is 59.9 Å². The van der Waals surface area contributed by atoms with Crippen LogP contribution in [-0.2, 0) is 4.74 Å². The van der Waals surface area contributed by atoms with E-state index in [0.717, 1.165) is 5.69 Å². The topological polar surface area (TPSA) is 30.2 Å². The maximum Gasteiger partial charge on any atom is 0.403 e. The van der Waals surface area contributed by atoms with Gasteiger partial charge in [0.05, 0.1) is 7.11 Å². The van der Waals surface area contributed by atoms with E-state index in [-0.39, 0.29) is 5.97 Å². The Balaban J connectivity index is 2.51. The van der Waals surface area contributed by atoms with Gasteiger partial charge in [-0.15, -0.1) is 0 Å². The molecule has 86 valence electrons. The molecule has 0 fully saturated rings. The van der Waals surface area contributed by atoms with Crippen LogP contribution in [0.2, 0.25) is 0 Å². The van der Waals surface area contributed by atoms with Crippen molar-refractivity contribution < 1.29 is 14.1 Å². The Morgan fingerprint density at radius 3 is 2.47 bits per heavy atom. The van der Waals surface area contributed by atoms with E-state index in [9.17, 15) is 4.79 Å². The van der Waals surface area contributed by atoms with E-state index < -0.39 is 0 Å². The van der Waals surface area contributed by atoms with Gasteiger partial charge in [-0.25, -0.2) is 4.79 Å². The van der Waals surface area contributed by atoms with Gasteiger partial charge in [0.25, 0.3) is 5.69 Å². The lowest BCUT2D eigenvalue weighted by atomic mass is 10.2. The van der Waals surface area contributed by atoms with E-state index in [1.807, 2.05) is 54.1 Å². The van der Waals surface area contributed by atoms with Crippen LogP contribution in [0.25, 0.3) is 5.69 Å². The van der Waals surface area contributed by atoms with Crippen LogP contribution in [0.3, 0.4) is 0 Å². The SMILES string of the molecule is COC(=O)c1cccc[n+]1-c1ccc(C)cc1. The largest absolute Gasteiger partial charge is 0.461 e. The number of methoxy groups -OCH3 is 1. The molecule has 17 heavy (non-hydrogen) atoms. The quantitative estimate of drug-likeness (QED) is 0.581. The fourth-order valence-corrected chi connectivity index (χ4v) is 1.64. The molecule has 2 aromatic rings. The van der Waals surface area contributed by atoms with E-state index in [1.165, 1.54) is 12.7 Å². The van der Waals surface area contributed by atoms with Crippen molar-refractivity contribution in [2.45, 2.75) is 6.92 Å². The Labute approximate surface area is 100 Å². The zero-order chi connectivity index (χ0) is 12.3. The third kappa shape index (κ3) is 2.33. The summed E-state index contributed by atoms with van der Waals surface area (Å²) in [7, 11) is 1.38. The van der Waals surface area contributed by atoms with Crippen molar-refractivity contribution >= 4 is 5.97 Å². The molecule has 0 radical (unpaired) electrons. The van der Waals surface area contributed by atoms with Gasteiger partial charge in [-0.1, -0.05) is 17.7 Å². The molecule has 0 atom stereocenters. The highest BCUT2D eigenvalue weighted by atomic mass is 16.5. The lowest BCUT2D eigenvalue weighted by Gasteiger charge is -2.01. The first-order valence-corrected chi connectivity index (χ1v) is 5.38. The van der Waals surface area contributed by atoms with Crippen LogP contribution in [0.15, 0.2) is 48.7 Å². The number of carbonyl (C=O) groups is 1. The lowest BCUT2D eigenvalue weighted by molar-refractivity contribution is -0.598. The number of esters is 1. The number of benzene rings is 1. The molecule has 1 aromatic heterocycles. The molecule has 0 bridgehead atoms. The molecule has 0 amide bonds. The Morgan fingerprint density at radius 1 is 1.12 bits per heavy atom. The minimum absolute atomic E-state index is 0.342. The van der Waals surface area contributed by atoms with Gasteiger partial charge >= 0.3 is 5.97 Å². The van der Waals surface area contributed by atoms with Crippen LogP contribution >= 0.6 is 0 Å². The summed E-state index contributed by atoms with van der Waals surface area (Å²) in [6, 6.07) is 13.4. The Bertz CT molecular complexity index is 532. The highest BCUT2D eigenvalue weighted by Gasteiger charge is 2.20. The monoisotopic (exact) mass is 228 g/mol. The van der Waals surface area contributed by atoms with Gasteiger partial charge in [-0.2, -0.15) is 4.57 Å². The van der Waals surface area contributed by atoms with E-state index >= 15 is 0 Å². The van der Waals surface area contributed by atoms with Crippen LogP contribution in [0.4, 0.5) is 0 Å².